The summed E-state index contributed by atoms with van der Waals surface area (Å²) in [7, 11) is 2.42. The molecule has 1 heterocycles. The summed E-state index contributed by atoms with van der Waals surface area (Å²) in [6, 6.07) is 9.71. The first-order chi connectivity index (χ1) is 21.0. The summed E-state index contributed by atoms with van der Waals surface area (Å²) in [4.78, 5) is 53.8. The highest BCUT2D eigenvalue weighted by Crippen LogP contribution is 2.47. The highest BCUT2D eigenvalue weighted by molar-refractivity contribution is 8.77. The Morgan fingerprint density at radius 1 is 0.867 bits per heavy atom. The summed E-state index contributed by atoms with van der Waals surface area (Å²) in [6.45, 7) is 8.35. The first-order valence-electron chi connectivity index (χ1n) is 14.5. The first-order valence-corrected chi connectivity index (χ1v) is 16.7. The van der Waals surface area contributed by atoms with Crippen LogP contribution in [0.15, 0.2) is 54.6 Å². The number of amides is 4. The van der Waals surface area contributed by atoms with Crippen molar-refractivity contribution in [3.8, 4) is 5.75 Å². The predicted molar refractivity (Wildman–Crippen MR) is 175 cm³/mol. The fraction of sp³-hybridized carbons (Fsp3) is 0.484. The zero-order valence-electron chi connectivity index (χ0n) is 25.9. The SMILES string of the molecule is C[C@@H]1NC(=O)C(NC(=O)C(N)Cc2ccc(O)cc2)C(C)(C)SSC(C)(C)C(C(O)O)NC(=O)C(Cc2ccccc2)NC1=O. The Hall–Kier alpha value is -3.30. The van der Waals surface area contributed by atoms with E-state index in [9.17, 15) is 34.5 Å². The number of carbonyl (C=O) groups excluding carboxylic acids is 4. The molecule has 2 aromatic carbocycles. The second-order valence-corrected chi connectivity index (χ2v) is 15.6. The number of benzene rings is 2. The molecule has 0 spiro atoms. The molecule has 0 radical (unpaired) electrons. The summed E-state index contributed by atoms with van der Waals surface area (Å²) >= 11 is 0. The van der Waals surface area contributed by atoms with E-state index in [1.165, 1.54) is 40.6 Å². The second-order valence-electron chi connectivity index (χ2n) is 12.2. The number of hydrogen-bond acceptors (Lipinski definition) is 10. The molecule has 4 unspecified atom stereocenters. The Balaban J connectivity index is 1.92. The molecule has 0 aromatic heterocycles. The number of phenolic OH excluding ortho intramolecular Hbond substituents is 1. The third kappa shape index (κ3) is 10.1. The van der Waals surface area contributed by atoms with Crippen molar-refractivity contribution in [1.29, 1.82) is 0 Å². The van der Waals surface area contributed by atoms with Gasteiger partial charge in [-0.05, 0) is 64.3 Å². The number of phenols is 1. The van der Waals surface area contributed by atoms with Gasteiger partial charge in [-0.15, -0.1) is 0 Å². The number of rotatable bonds is 7. The van der Waals surface area contributed by atoms with Gasteiger partial charge < -0.3 is 42.3 Å². The number of carbonyl (C=O) groups is 4. The number of nitrogens with one attached hydrogen (secondary N) is 4. The van der Waals surface area contributed by atoms with Crippen LogP contribution in [-0.4, -0.2) is 84.9 Å². The van der Waals surface area contributed by atoms with Crippen molar-refractivity contribution in [2.24, 2.45) is 5.73 Å². The van der Waals surface area contributed by atoms with E-state index < -0.39 is 69.6 Å². The molecular weight excluding hydrogens is 619 g/mol. The lowest BCUT2D eigenvalue weighted by atomic mass is 9.99. The Morgan fingerprint density at radius 2 is 1.47 bits per heavy atom. The molecule has 1 fully saturated rings. The third-order valence-corrected chi connectivity index (χ3v) is 11.7. The van der Waals surface area contributed by atoms with Gasteiger partial charge in [0.15, 0.2) is 6.29 Å². The van der Waals surface area contributed by atoms with Crippen molar-refractivity contribution < 1.29 is 34.5 Å². The molecule has 1 aliphatic rings. The minimum Gasteiger partial charge on any atom is -0.508 e. The van der Waals surface area contributed by atoms with Crippen molar-refractivity contribution >= 4 is 45.2 Å². The van der Waals surface area contributed by atoms with Crippen LogP contribution in [0.5, 0.6) is 5.75 Å². The van der Waals surface area contributed by atoms with E-state index in [0.29, 0.717) is 5.56 Å². The van der Waals surface area contributed by atoms with Gasteiger partial charge in [-0.25, -0.2) is 0 Å². The predicted octanol–water partition coefficient (Wildman–Crippen LogP) is 0.727. The van der Waals surface area contributed by atoms with Gasteiger partial charge >= 0.3 is 0 Å². The smallest absolute Gasteiger partial charge is 0.244 e. The maximum absolute atomic E-state index is 13.7. The monoisotopic (exact) mass is 661 g/mol. The average Bonchev–Trinajstić information content (AvgIpc) is 2.97. The summed E-state index contributed by atoms with van der Waals surface area (Å²) in [5.41, 5.74) is 7.67. The van der Waals surface area contributed by atoms with Gasteiger partial charge in [-0.2, -0.15) is 0 Å². The molecule has 5 atom stereocenters. The third-order valence-electron chi connectivity index (χ3n) is 7.46. The fourth-order valence-electron chi connectivity index (χ4n) is 4.68. The van der Waals surface area contributed by atoms with Crippen LogP contribution in [0, 0.1) is 0 Å². The molecular formula is C31H43N5O7S2. The van der Waals surface area contributed by atoms with E-state index in [-0.39, 0.29) is 18.6 Å². The van der Waals surface area contributed by atoms with E-state index in [1.54, 1.807) is 64.1 Å². The highest BCUT2D eigenvalue weighted by atomic mass is 33.1. The second kappa shape index (κ2) is 15.3. The van der Waals surface area contributed by atoms with E-state index in [4.69, 9.17) is 5.73 Å². The van der Waals surface area contributed by atoms with Crippen LogP contribution >= 0.6 is 21.6 Å². The number of aromatic hydroxyl groups is 1. The maximum Gasteiger partial charge on any atom is 0.244 e. The number of nitrogens with two attached hydrogens (primary N) is 1. The Bertz CT molecular complexity index is 1340. The zero-order chi connectivity index (χ0) is 33.5. The topological polar surface area (TPSA) is 203 Å². The minimum absolute atomic E-state index is 0.0763. The fourth-order valence-corrected chi connectivity index (χ4v) is 7.54. The lowest BCUT2D eigenvalue weighted by molar-refractivity contribution is -0.135. The Kier molecular flexibility index (Phi) is 12.3. The summed E-state index contributed by atoms with van der Waals surface area (Å²) in [5.74, 6) is -2.43. The molecule has 4 amide bonds. The van der Waals surface area contributed by atoms with Crippen molar-refractivity contribution in [3.05, 3.63) is 65.7 Å². The van der Waals surface area contributed by atoms with E-state index in [1.807, 2.05) is 6.07 Å². The van der Waals surface area contributed by atoms with Crippen LogP contribution in [0.3, 0.4) is 0 Å². The normalized spacial score (nSPS) is 24.9. The largest absolute Gasteiger partial charge is 0.508 e. The van der Waals surface area contributed by atoms with Crippen molar-refractivity contribution in [3.63, 3.8) is 0 Å². The number of hydrogen-bond donors (Lipinski definition) is 8. The summed E-state index contributed by atoms with van der Waals surface area (Å²) in [5, 5.41) is 41.0. The molecule has 12 nitrogen and oxygen atoms in total. The molecule has 3 rings (SSSR count). The lowest BCUT2D eigenvalue weighted by Crippen LogP contribution is -2.63. The van der Waals surface area contributed by atoms with E-state index in [0.717, 1.165) is 5.56 Å². The van der Waals surface area contributed by atoms with Crippen LogP contribution in [0.4, 0.5) is 0 Å². The van der Waals surface area contributed by atoms with Crippen molar-refractivity contribution in [1.82, 2.24) is 21.3 Å². The molecule has 9 N–H and O–H groups in total. The van der Waals surface area contributed by atoms with Gasteiger partial charge in [-0.1, -0.05) is 64.1 Å². The van der Waals surface area contributed by atoms with E-state index >= 15 is 0 Å². The lowest BCUT2D eigenvalue weighted by Gasteiger charge is -2.40. The van der Waals surface area contributed by atoms with Gasteiger partial charge in [0.2, 0.25) is 23.6 Å². The van der Waals surface area contributed by atoms with Crippen LogP contribution < -0.4 is 27.0 Å². The van der Waals surface area contributed by atoms with Gasteiger partial charge in [-0.3, -0.25) is 19.2 Å². The summed E-state index contributed by atoms with van der Waals surface area (Å²) in [6.07, 6.45) is -1.69. The van der Waals surface area contributed by atoms with Crippen LogP contribution in [0.1, 0.15) is 45.7 Å². The van der Waals surface area contributed by atoms with Crippen LogP contribution in [0.25, 0.3) is 0 Å². The van der Waals surface area contributed by atoms with Crippen LogP contribution in [-0.2, 0) is 32.0 Å². The van der Waals surface area contributed by atoms with Crippen LogP contribution in [0.2, 0.25) is 0 Å². The number of aliphatic hydroxyl groups is 2. The highest BCUT2D eigenvalue weighted by Gasteiger charge is 2.44. The molecule has 1 aliphatic heterocycles. The summed E-state index contributed by atoms with van der Waals surface area (Å²) < 4.78 is -2.03. The Morgan fingerprint density at radius 3 is 2.07 bits per heavy atom. The zero-order valence-corrected chi connectivity index (χ0v) is 27.6. The quantitative estimate of drug-likeness (QED) is 0.154. The molecule has 0 saturated carbocycles. The van der Waals surface area contributed by atoms with Gasteiger partial charge in [0, 0.05) is 15.9 Å². The molecule has 246 valence electrons. The maximum atomic E-state index is 13.7. The molecule has 0 bridgehead atoms. The average molecular weight is 662 g/mol. The van der Waals surface area contributed by atoms with Gasteiger partial charge in [0.1, 0.15) is 23.9 Å². The minimum atomic E-state index is -1.95. The van der Waals surface area contributed by atoms with Crippen molar-refractivity contribution in [2.75, 3.05) is 0 Å². The molecule has 14 heteroatoms. The Labute approximate surface area is 271 Å². The van der Waals surface area contributed by atoms with E-state index in [2.05, 4.69) is 21.3 Å². The van der Waals surface area contributed by atoms with Crippen molar-refractivity contribution in [2.45, 2.75) is 93.5 Å². The standard InChI is InChI=1S/C31H43N5O7S2/c1-17-25(38)34-22(16-18-9-7-6-8-10-18)27(40)36-24(29(42)43)31(4,5)45-44-30(2,3)23(28(41)33-17)35-26(39)21(32)15-19-11-13-20(37)14-12-19/h6-14,17,21-24,29,37,42-43H,15-16,32H2,1-5H3,(H,33,41)(H,34,38)(H,35,39)(H,36,40)/t17-,21?,22?,23?,24?/m0/s1. The van der Waals surface area contributed by atoms with Gasteiger partial charge in [0.25, 0.3) is 0 Å². The van der Waals surface area contributed by atoms with Gasteiger partial charge in [0.05, 0.1) is 12.1 Å². The molecule has 45 heavy (non-hydrogen) atoms. The molecule has 0 aliphatic carbocycles. The first kappa shape index (κ1) is 36.2. The molecule has 2 aromatic rings. The molecule has 1 saturated heterocycles. The number of aliphatic hydroxyl groups excluding tert-OH is 1.